The van der Waals surface area contributed by atoms with E-state index in [1.54, 1.807) is 0 Å². The van der Waals surface area contributed by atoms with Gasteiger partial charge in [0.25, 0.3) is 10.0 Å². The van der Waals surface area contributed by atoms with Crippen molar-refractivity contribution in [3.63, 3.8) is 0 Å². The second kappa shape index (κ2) is 5.85. The van der Waals surface area contributed by atoms with Crippen LogP contribution >= 0.6 is 15.9 Å². The molecule has 2 aromatic rings. The Morgan fingerprint density at radius 1 is 1.32 bits per heavy atom. The number of H-pyrrole nitrogens is 1. The Balaban J connectivity index is 2.02. The van der Waals surface area contributed by atoms with Crippen LogP contribution in [0.15, 0.2) is 46.0 Å². The molecule has 7 heteroatoms. The molecule has 0 aliphatic rings. The lowest BCUT2D eigenvalue weighted by Gasteiger charge is -2.13. The van der Waals surface area contributed by atoms with E-state index in [4.69, 9.17) is 0 Å². The topological polar surface area (TPSA) is 74.8 Å². The van der Waals surface area contributed by atoms with E-state index in [1.165, 1.54) is 12.3 Å². The van der Waals surface area contributed by atoms with Crippen LogP contribution in [0.4, 0.5) is 0 Å². The van der Waals surface area contributed by atoms with E-state index in [0.717, 1.165) is 10.0 Å². The fourth-order valence-corrected chi connectivity index (χ4v) is 3.15. The first kappa shape index (κ1) is 14.2. The van der Waals surface area contributed by atoms with E-state index >= 15 is 0 Å². The molecule has 0 radical (unpaired) electrons. The van der Waals surface area contributed by atoms with Crippen molar-refractivity contribution in [1.82, 2.24) is 14.9 Å². The summed E-state index contributed by atoms with van der Waals surface area (Å²) in [5, 5.41) is 6.17. The number of sulfonamides is 1. The molecular formula is C12H14BrN3O2S. The predicted octanol–water partition coefficient (Wildman–Crippen LogP) is 2.08. The largest absolute Gasteiger partial charge is 0.266 e. The summed E-state index contributed by atoms with van der Waals surface area (Å²) >= 11 is 3.36. The van der Waals surface area contributed by atoms with Gasteiger partial charge in [-0.25, -0.2) is 13.1 Å². The molecule has 1 atom stereocenters. The minimum Gasteiger partial charge on any atom is -0.266 e. The van der Waals surface area contributed by atoms with Crippen molar-refractivity contribution in [2.24, 2.45) is 0 Å². The molecule has 5 nitrogen and oxygen atoms in total. The highest BCUT2D eigenvalue weighted by molar-refractivity contribution is 9.10. The summed E-state index contributed by atoms with van der Waals surface area (Å²) in [4.78, 5) is 0. The minimum atomic E-state index is -3.52. The number of halogens is 1. The Labute approximate surface area is 120 Å². The van der Waals surface area contributed by atoms with Crippen LogP contribution in [0.25, 0.3) is 0 Å². The Kier molecular flexibility index (Phi) is 4.38. The first-order valence-electron chi connectivity index (χ1n) is 5.73. The minimum absolute atomic E-state index is 0.0788. The van der Waals surface area contributed by atoms with Gasteiger partial charge in [-0.2, -0.15) is 5.10 Å². The van der Waals surface area contributed by atoms with Crippen LogP contribution in [-0.2, 0) is 16.4 Å². The quantitative estimate of drug-likeness (QED) is 0.872. The molecule has 0 saturated carbocycles. The fourth-order valence-electron chi connectivity index (χ4n) is 1.74. The molecule has 0 aliphatic heterocycles. The number of benzene rings is 1. The average molecular weight is 344 g/mol. The third kappa shape index (κ3) is 3.89. The van der Waals surface area contributed by atoms with Crippen molar-refractivity contribution in [2.45, 2.75) is 24.4 Å². The van der Waals surface area contributed by atoms with Gasteiger partial charge in [-0.05, 0) is 37.1 Å². The van der Waals surface area contributed by atoms with Crippen molar-refractivity contribution in [1.29, 1.82) is 0 Å². The maximum atomic E-state index is 12.0. The maximum Gasteiger partial charge on any atom is 0.257 e. The number of nitrogens with one attached hydrogen (secondary N) is 2. The monoisotopic (exact) mass is 343 g/mol. The standard InChI is InChI=1S/C12H14BrN3O2S/c1-9(8-10-2-4-11(13)5-3-10)16-19(17,18)12-6-7-14-15-12/h2-7,9,16H,8H2,1H3,(H,14,15). The molecule has 2 rings (SSSR count). The lowest BCUT2D eigenvalue weighted by molar-refractivity contribution is 0.556. The molecular weight excluding hydrogens is 330 g/mol. The summed E-state index contributed by atoms with van der Waals surface area (Å²) in [6.07, 6.45) is 2.04. The predicted molar refractivity (Wildman–Crippen MR) is 76.2 cm³/mol. The van der Waals surface area contributed by atoms with Crippen LogP contribution in [0.1, 0.15) is 12.5 Å². The van der Waals surface area contributed by atoms with Crippen LogP contribution in [-0.4, -0.2) is 24.7 Å². The third-order valence-corrected chi connectivity index (χ3v) is 4.62. The first-order valence-corrected chi connectivity index (χ1v) is 8.01. The van der Waals surface area contributed by atoms with Crippen molar-refractivity contribution in [3.05, 3.63) is 46.6 Å². The third-order valence-electron chi connectivity index (χ3n) is 2.58. The zero-order chi connectivity index (χ0) is 13.9. The molecule has 0 amide bonds. The molecule has 0 fully saturated rings. The van der Waals surface area contributed by atoms with Gasteiger partial charge in [0.1, 0.15) is 0 Å². The summed E-state index contributed by atoms with van der Waals surface area (Å²) in [5.41, 5.74) is 1.07. The molecule has 1 heterocycles. The van der Waals surface area contributed by atoms with Gasteiger partial charge in [-0.3, -0.25) is 5.10 Å². The van der Waals surface area contributed by atoms with Gasteiger partial charge in [0.15, 0.2) is 5.03 Å². The van der Waals surface area contributed by atoms with Gasteiger partial charge >= 0.3 is 0 Å². The van der Waals surface area contributed by atoms with E-state index in [9.17, 15) is 8.42 Å². The molecule has 1 aromatic carbocycles. The highest BCUT2D eigenvalue weighted by Gasteiger charge is 2.18. The highest BCUT2D eigenvalue weighted by Crippen LogP contribution is 2.12. The van der Waals surface area contributed by atoms with Gasteiger partial charge in [-0.15, -0.1) is 0 Å². The fraction of sp³-hybridized carbons (Fsp3) is 0.250. The molecule has 0 aliphatic carbocycles. The van der Waals surface area contributed by atoms with Crippen LogP contribution in [0.5, 0.6) is 0 Å². The number of rotatable bonds is 5. The van der Waals surface area contributed by atoms with E-state index in [2.05, 4.69) is 30.8 Å². The van der Waals surface area contributed by atoms with Crippen molar-refractivity contribution < 1.29 is 8.42 Å². The molecule has 1 unspecified atom stereocenters. The van der Waals surface area contributed by atoms with Gasteiger partial charge < -0.3 is 0 Å². The smallest absolute Gasteiger partial charge is 0.257 e. The van der Waals surface area contributed by atoms with Crippen LogP contribution < -0.4 is 4.72 Å². The normalized spacial score (nSPS) is 13.4. The first-order chi connectivity index (χ1) is 8.97. The van der Waals surface area contributed by atoms with E-state index in [1.807, 2.05) is 31.2 Å². The number of aromatic nitrogens is 2. The number of hydrogen-bond acceptors (Lipinski definition) is 3. The molecule has 2 N–H and O–H groups in total. The van der Waals surface area contributed by atoms with E-state index in [-0.39, 0.29) is 11.1 Å². The molecule has 0 spiro atoms. The van der Waals surface area contributed by atoms with Gasteiger partial charge in [0.05, 0.1) is 6.20 Å². The second-order valence-electron chi connectivity index (χ2n) is 4.27. The summed E-state index contributed by atoms with van der Waals surface area (Å²) in [5.74, 6) is 0. The van der Waals surface area contributed by atoms with Gasteiger partial charge in [-0.1, -0.05) is 28.1 Å². The molecule has 1 aromatic heterocycles. The lowest BCUT2D eigenvalue weighted by Crippen LogP contribution is -2.34. The number of nitrogens with zero attached hydrogens (tertiary/aromatic N) is 1. The summed E-state index contributed by atoms with van der Waals surface area (Å²) in [6.45, 7) is 1.83. The van der Waals surface area contributed by atoms with Gasteiger partial charge in [0, 0.05) is 10.5 Å². The molecule has 0 saturated heterocycles. The Hall–Kier alpha value is -1.18. The summed E-state index contributed by atoms with van der Waals surface area (Å²) in [6, 6.07) is 9.02. The Morgan fingerprint density at radius 2 is 2.00 bits per heavy atom. The van der Waals surface area contributed by atoms with Crippen LogP contribution in [0.2, 0.25) is 0 Å². The number of hydrogen-bond donors (Lipinski definition) is 2. The highest BCUT2D eigenvalue weighted by atomic mass is 79.9. The van der Waals surface area contributed by atoms with Crippen LogP contribution in [0.3, 0.4) is 0 Å². The zero-order valence-corrected chi connectivity index (χ0v) is 12.7. The zero-order valence-electron chi connectivity index (χ0n) is 10.3. The molecule has 19 heavy (non-hydrogen) atoms. The lowest BCUT2D eigenvalue weighted by atomic mass is 10.1. The number of aromatic amines is 1. The SMILES string of the molecule is CC(Cc1ccc(Br)cc1)NS(=O)(=O)c1ccn[nH]1. The summed E-state index contributed by atoms with van der Waals surface area (Å²) in [7, 11) is -3.52. The van der Waals surface area contributed by atoms with Crippen molar-refractivity contribution >= 4 is 26.0 Å². The van der Waals surface area contributed by atoms with Crippen LogP contribution in [0, 0.1) is 0 Å². The molecule has 0 bridgehead atoms. The van der Waals surface area contributed by atoms with Crippen molar-refractivity contribution in [3.8, 4) is 0 Å². The van der Waals surface area contributed by atoms with E-state index in [0.29, 0.717) is 6.42 Å². The average Bonchev–Trinajstić information content (AvgIpc) is 2.85. The Bertz CT molecular complexity index is 624. The maximum absolute atomic E-state index is 12.0. The second-order valence-corrected chi connectivity index (χ2v) is 6.87. The summed E-state index contributed by atoms with van der Waals surface area (Å²) < 4.78 is 27.5. The van der Waals surface area contributed by atoms with Gasteiger partial charge in [0.2, 0.25) is 0 Å². The Morgan fingerprint density at radius 3 is 2.58 bits per heavy atom. The van der Waals surface area contributed by atoms with E-state index < -0.39 is 10.0 Å². The molecule has 102 valence electrons. The van der Waals surface area contributed by atoms with Crippen molar-refractivity contribution in [2.75, 3.05) is 0 Å².